The molecule has 0 aromatic heterocycles. The Morgan fingerprint density at radius 2 is 1.60 bits per heavy atom. The van der Waals surface area contributed by atoms with Gasteiger partial charge < -0.3 is 4.90 Å². The number of piperazine rings is 1. The predicted molar refractivity (Wildman–Crippen MR) is 103 cm³/mol. The Hall–Kier alpha value is -2.65. The number of carbonyl (C=O) groups excluding carboxylic acids is 1. The second-order valence-electron chi connectivity index (χ2n) is 6.62. The van der Waals surface area contributed by atoms with Gasteiger partial charge in [0, 0.05) is 25.0 Å². The zero-order valence-electron chi connectivity index (χ0n) is 14.4. The lowest BCUT2D eigenvalue weighted by Crippen LogP contribution is -2.55. The van der Waals surface area contributed by atoms with Gasteiger partial charge in [0.15, 0.2) is 0 Å². The van der Waals surface area contributed by atoms with Crippen molar-refractivity contribution in [2.24, 2.45) is 0 Å². The third-order valence-corrected chi connectivity index (χ3v) is 5.07. The molecule has 1 aliphatic rings. The standard InChI is InChI=1S/C22H22N2O/c1-17-22(25)24(15-14-23(17)16-18-8-3-2-4-9-18)21-13-7-11-19-10-5-6-12-20(19)21/h2-13,17H,14-16H2,1H3/t17-/m1/s1. The third-order valence-electron chi connectivity index (χ3n) is 5.07. The quantitative estimate of drug-likeness (QED) is 0.722. The van der Waals surface area contributed by atoms with Crippen molar-refractivity contribution in [3.05, 3.63) is 78.4 Å². The summed E-state index contributed by atoms with van der Waals surface area (Å²) in [5, 5.41) is 2.31. The Morgan fingerprint density at radius 1 is 0.880 bits per heavy atom. The number of carbonyl (C=O) groups is 1. The number of rotatable bonds is 3. The van der Waals surface area contributed by atoms with E-state index in [0.29, 0.717) is 0 Å². The van der Waals surface area contributed by atoms with Crippen LogP contribution in [-0.2, 0) is 11.3 Å². The second kappa shape index (κ2) is 6.69. The van der Waals surface area contributed by atoms with E-state index in [-0.39, 0.29) is 11.9 Å². The molecule has 0 unspecified atom stereocenters. The maximum atomic E-state index is 13.1. The summed E-state index contributed by atoms with van der Waals surface area (Å²) in [6, 6.07) is 24.7. The van der Waals surface area contributed by atoms with Gasteiger partial charge in [-0.3, -0.25) is 9.69 Å². The van der Waals surface area contributed by atoms with Crippen molar-refractivity contribution in [1.82, 2.24) is 4.90 Å². The molecule has 25 heavy (non-hydrogen) atoms. The SMILES string of the molecule is C[C@@H]1C(=O)N(c2cccc3ccccc23)CCN1Cc1ccccc1. The zero-order valence-corrected chi connectivity index (χ0v) is 14.4. The molecule has 1 atom stereocenters. The van der Waals surface area contributed by atoms with Gasteiger partial charge in [0.2, 0.25) is 5.91 Å². The number of fused-ring (bicyclic) bond motifs is 1. The average molecular weight is 330 g/mol. The van der Waals surface area contributed by atoms with Crippen LogP contribution in [0.2, 0.25) is 0 Å². The normalized spacial score (nSPS) is 18.7. The van der Waals surface area contributed by atoms with Crippen LogP contribution in [-0.4, -0.2) is 29.9 Å². The molecule has 3 aromatic carbocycles. The molecule has 3 nitrogen and oxygen atoms in total. The molecule has 0 spiro atoms. The summed E-state index contributed by atoms with van der Waals surface area (Å²) in [5.74, 6) is 0.179. The topological polar surface area (TPSA) is 23.6 Å². The van der Waals surface area contributed by atoms with E-state index in [1.165, 1.54) is 10.9 Å². The number of nitrogens with zero attached hydrogens (tertiary/aromatic N) is 2. The van der Waals surface area contributed by atoms with Gasteiger partial charge in [-0.1, -0.05) is 66.7 Å². The van der Waals surface area contributed by atoms with E-state index in [9.17, 15) is 4.79 Å². The Morgan fingerprint density at radius 3 is 2.44 bits per heavy atom. The van der Waals surface area contributed by atoms with Gasteiger partial charge in [0.1, 0.15) is 0 Å². The summed E-state index contributed by atoms with van der Waals surface area (Å²) in [6.07, 6.45) is 0. The monoisotopic (exact) mass is 330 g/mol. The van der Waals surface area contributed by atoms with Crippen molar-refractivity contribution in [2.45, 2.75) is 19.5 Å². The van der Waals surface area contributed by atoms with E-state index in [2.05, 4.69) is 41.3 Å². The largest absolute Gasteiger partial charge is 0.309 e. The highest BCUT2D eigenvalue weighted by Gasteiger charge is 2.32. The first-order valence-electron chi connectivity index (χ1n) is 8.81. The van der Waals surface area contributed by atoms with Gasteiger partial charge in [-0.25, -0.2) is 0 Å². The van der Waals surface area contributed by atoms with Crippen LogP contribution in [0.25, 0.3) is 10.8 Å². The summed E-state index contributed by atoms with van der Waals surface area (Å²) in [7, 11) is 0. The molecule has 0 radical (unpaired) electrons. The lowest BCUT2D eigenvalue weighted by atomic mass is 10.1. The van der Waals surface area contributed by atoms with E-state index in [0.717, 1.165) is 30.7 Å². The van der Waals surface area contributed by atoms with Crippen LogP contribution < -0.4 is 4.90 Å². The van der Waals surface area contributed by atoms with Crippen LogP contribution in [0.3, 0.4) is 0 Å². The molecule has 3 heteroatoms. The molecule has 0 aliphatic carbocycles. The Bertz CT molecular complexity index is 885. The maximum Gasteiger partial charge on any atom is 0.244 e. The summed E-state index contributed by atoms with van der Waals surface area (Å²) in [4.78, 5) is 17.3. The van der Waals surface area contributed by atoms with Crippen molar-refractivity contribution >= 4 is 22.4 Å². The summed E-state index contributed by atoms with van der Waals surface area (Å²) >= 11 is 0. The van der Waals surface area contributed by atoms with Crippen molar-refractivity contribution in [3.63, 3.8) is 0 Å². The molecule has 1 heterocycles. The highest BCUT2D eigenvalue weighted by Crippen LogP contribution is 2.29. The molecule has 4 rings (SSSR count). The van der Waals surface area contributed by atoms with Crippen LogP contribution in [0.1, 0.15) is 12.5 Å². The second-order valence-corrected chi connectivity index (χ2v) is 6.62. The van der Waals surface area contributed by atoms with E-state index >= 15 is 0 Å². The molecule has 1 aliphatic heterocycles. The van der Waals surface area contributed by atoms with Crippen molar-refractivity contribution in [1.29, 1.82) is 0 Å². The van der Waals surface area contributed by atoms with Crippen molar-refractivity contribution < 1.29 is 4.79 Å². The van der Waals surface area contributed by atoms with Crippen LogP contribution in [0.4, 0.5) is 5.69 Å². The number of hydrogen-bond acceptors (Lipinski definition) is 2. The van der Waals surface area contributed by atoms with Gasteiger partial charge in [0.25, 0.3) is 0 Å². The van der Waals surface area contributed by atoms with Crippen molar-refractivity contribution in [3.8, 4) is 0 Å². The maximum absolute atomic E-state index is 13.1. The minimum absolute atomic E-state index is 0.118. The molecule has 3 aromatic rings. The number of amides is 1. The van der Waals surface area contributed by atoms with E-state index in [4.69, 9.17) is 0 Å². The molecule has 0 N–H and O–H groups in total. The van der Waals surface area contributed by atoms with E-state index < -0.39 is 0 Å². The van der Waals surface area contributed by atoms with Gasteiger partial charge in [0.05, 0.1) is 11.7 Å². The summed E-state index contributed by atoms with van der Waals surface area (Å²) in [6.45, 7) is 4.44. The molecule has 1 saturated heterocycles. The zero-order chi connectivity index (χ0) is 17.2. The molecule has 0 bridgehead atoms. The van der Waals surface area contributed by atoms with Crippen LogP contribution in [0.15, 0.2) is 72.8 Å². The first kappa shape index (κ1) is 15.9. The van der Waals surface area contributed by atoms with Crippen molar-refractivity contribution in [2.75, 3.05) is 18.0 Å². The highest BCUT2D eigenvalue weighted by atomic mass is 16.2. The molecule has 0 saturated carbocycles. The number of benzene rings is 3. The molecule has 1 amide bonds. The van der Waals surface area contributed by atoms with Crippen LogP contribution >= 0.6 is 0 Å². The highest BCUT2D eigenvalue weighted by molar-refractivity contribution is 6.05. The molecule has 1 fully saturated rings. The van der Waals surface area contributed by atoms with E-state index in [1.54, 1.807) is 0 Å². The minimum atomic E-state index is -0.118. The van der Waals surface area contributed by atoms with Gasteiger partial charge in [-0.15, -0.1) is 0 Å². The van der Waals surface area contributed by atoms with Crippen LogP contribution in [0, 0.1) is 0 Å². The molecular formula is C22H22N2O. The smallest absolute Gasteiger partial charge is 0.244 e. The predicted octanol–water partition coefficient (Wildman–Crippen LogP) is 4.08. The lowest BCUT2D eigenvalue weighted by Gasteiger charge is -2.39. The summed E-state index contributed by atoms with van der Waals surface area (Å²) < 4.78 is 0. The fourth-order valence-corrected chi connectivity index (χ4v) is 3.63. The first-order valence-corrected chi connectivity index (χ1v) is 8.81. The Labute approximate surface area is 148 Å². The fraction of sp³-hybridized carbons (Fsp3) is 0.227. The lowest BCUT2D eigenvalue weighted by molar-refractivity contribution is -0.125. The Kier molecular flexibility index (Phi) is 4.24. The van der Waals surface area contributed by atoms with Gasteiger partial charge in [-0.05, 0) is 23.9 Å². The van der Waals surface area contributed by atoms with Gasteiger partial charge in [-0.2, -0.15) is 0 Å². The Balaban J connectivity index is 1.59. The number of anilines is 1. The number of hydrogen-bond donors (Lipinski definition) is 0. The average Bonchev–Trinajstić information content (AvgIpc) is 2.66. The fourth-order valence-electron chi connectivity index (χ4n) is 3.63. The van der Waals surface area contributed by atoms with Gasteiger partial charge >= 0.3 is 0 Å². The first-order chi connectivity index (χ1) is 12.2. The van der Waals surface area contributed by atoms with Crippen LogP contribution in [0.5, 0.6) is 0 Å². The molecular weight excluding hydrogens is 308 g/mol. The third kappa shape index (κ3) is 3.03. The molecule has 126 valence electrons. The van der Waals surface area contributed by atoms with E-state index in [1.807, 2.05) is 48.2 Å². The minimum Gasteiger partial charge on any atom is -0.309 e. The summed E-state index contributed by atoms with van der Waals surface area (Å²) in [5.41, 5.74) is 2.27.